The van der Waals surface area contributed by atoms with Gasteiger partial charge in [-0.1, -0.05) is 0 Å². The third kappa shape index (κ3) is 5.44. The molecule has 0 unspecified atom stereocenters. The minimum absolute atomic E-state index is 0. The molecule has 0 spiro atoms. The van der Waals surface area contributed by atoms with Crippen LogP contribution in [0.25, 0.3) is 0 Å². The summed E-state index contributed by atoms with van der Waals surface area (Å²) in [6.07, 6.45) is 1.52. The fourth-order valence-corrected chi connectivity index (χ4v) is 1.63. The van der Waals surface area contributed by atoms with Gasteiger partial charge in [0.2, 0.25) is 0 Å². The van der Waals surface area contributed by atoms with E-state index >= 15 is 0 Å². The van der Waals surface area contributed by atoms with Crippen molar-refractivity contribution >= 4 is 24.4 Å². The smallest absolute Gasteiger partial charge is 0.317 e. The van der Waals surface area contributed by atoms with Gasteiger partial charge in [0, 0.05) is 19.1 Å². The first-order valence-corrected chi connectivity index (χ1v) is 4.58. The molecule has 1 aliphatic rings. The molecule has 0 atom stereocenters. The average Bonchev–Trinajstić information content (AvgIpc) is 2.06. The van der Waals surface area contributed by atoms with Gasteiger partial charge < -0.3 is 16.2 Å². The van der Waals surface area contributed by atoms with Crippen LogP contribution in [0.3, 0.4) is 0 Å². The third-order valence-corrected chi connectivity index (χ3v) is 2.29. The van der Waals surface area contributed by atoms with E-state index in [9.17, 15) is 9.59 Å². The van der Waals surface area contributed by atoms with Gasteiger partial charge in [-0.2, -0.15) is 0 Å². The van der Waals surface area contributed by atoms with E-state index in [0.29, 0.717) is 13.1 Å². The highest BCUT2D eigenvalue weighted by molar-refractivity contribution is 5.85. The summed E-state index contributed by atoms with van der Waals surface area (Å²) in [4.78, 5) is 22.8. The van der Waals surface area contributed by atoms with Crippen LogP contribution in [0, 0.1) is 0 Å². The van der Waals surface area contributed by atoms with E-state index in [1.165, 1.54) is 0 Å². The maximum atomic E-state index is 10.5. The minimum Gasteiger partial charge on any atom is -0.480 e. The number of urea groups is 1. The van der Waals surface area contributed by atoms with Crippen molar-refractivity contribution in [3.63, 3.8) is 0 Å². The predicted octanol–water partition coefficient (Wildman–Crippen LogP) is -0.375. The van der Waals surface area contributed by atoms with E-state index in [4.69, 9.17) is 10.8 Å². The number of carboxylic acid groups (broad SMARTS) is 1. The lowest BCUT2D eigenvalue weighted by atomic mass is 10.1. The first kappa shape index (κ1) is 14.0. The fourth-order valence-electron chi connectivity index (χ4n) is 1.63. The highest BCUT2D eigenvalue weighted by atomic mass is 35.5. The highest BCUT2D eigenvalue weighted by Gasteiger charge is 2.20. The van der Waals surface area contributed by atoms with Crippen LogP contribution in [0.2, 0.25) is 0 Å². The lowest BCUT2D eigenvalue weighted by Gasteiger charge is -2.30. The number of carbonyl (C=O) groups is 2. The van der Waals surface area contributed by atoms with Crippen molar-refractivity contribution in [2.45, 2.75) is 18.9 Å². The summed E-state index contributed by atoms with van der Waals surface area (Å²) >= 11 is 0. The molecule has 88 valence electrons. The van der Waals surface area contributed by atoms with Crippen molar-refractivity contribution in [2.24, 2.45) is 5.73 Å². The van der Waals surface area contributed by atoms with Crippen LogP contribution in [-0.4, -0.2) is 47.7 Å². The Morgan fingerprint density at radius 3 is 2.33 bits per heavy atom. The number of nitrogens with two attached hydrogens (primary N) is 1. The van der Waals surface area contributed by atoms with E-state index in [-0.39, 0.29) is 25.0 Å². The van der Waals surface area contributed by atoms with Crippen molar-refractivity contribution in [3.8, 4) is 0 Å². The van der Waals surface area contributed by atoms with Crippen molar-refractivity contribution in [1.29, 1.82) is 0 Å². The molecule has 0 aliphatic carbocycles. The van der Waals surface area contributed by atoms with E-state index in [0.717, 1.165) is 12.8 Å². The maximum absolute atomic E-state index is 10.5. The minimum atomic E-state index is -0.814. The zero-order chi connectivity index (χ0) is 10.6. The van der Waals surface area contributed by atoms with Crippen molar-refractivity contribution in [1.82, 2.24) is 10.2 Å². The number of halogens is 1. The Morgan fingerprint density at radius 1 is 1.40 bits per heavy atom. The summed E-state index contributed by atoms with van der Waals surface area (Å²) < 4.78 is 0. The molecule has 1 rings (SSSR count). The van der Waals surface area contributed by atoms with E-state index in [2.05, 4.69) is 5.32 Å². The molecule has 0 bridgehead atoms. The van der Waals surface area contributed by atoms with E-state index < -0.39 is 12.0 Å². The lowest BCUT2D eigenvalue weighted by Crippen LogP contribution is -2.47. The zero-order valence-electron chi connectivity index (χ0n) is 8.31. The normalized spacial score (nSPS) is 17.9. The number of carboxylic acids is 1. The summed E-state index contributed by atoms with van der Waals surface area (Å²) in [6, 6.07) is -0.417. The van der Waals surface area contributed by atoms with Crippen LogP contribution in [-0.2, 0) is 4.79 Å². The number of primary amides is 1. The third-order valence-electron chi connectivity index (χ3n) is 2.29. The number of rotatable bonds is 3. The molecule has 1 fully saturated rings. The molecular weight excluding hydrogens is 222 g/mol. The molecule has 1 heterocycles. The molecule has 0 aromatic rings. The van der Waals surface area contributed by atoms with Gasteiger partial charge in [-0.3, -0.25) is 9.69 Å². The molecule has 7 heteroatoms. The molecule has 0 saturated carbocycles. The van der Waals surface area contributed by atoms with Gasteiger partial charge in [0.1, 0.15) is 0 Å². The van der Waals surface area contributed by atoms with Gasteiger partial charge in [-0.25, -0.2) is 4.79 Å². The Balaban J connectivity index is 0.00000196. The number of nitrogens with zero attached hydrogens (tertiary/aromatic N) is 1. The number of hydrogen-bond donors (Lipinski definition) is 3. The molecule has 0 radical (unpaired) electrons. The first-order chi connectivity index (χ1) is 6.58. The number of amides is 2. The Labute approximate surface area is 94.2 Å². The maximum Gasteiger partial charge on any atom is 0.317 e. The standard InChI is InChI=1S/C8H15N3O3.ClH/c9-8(14)10-6-1-3-11(4-2-6)5-7(12)13;/h6H,1-5H2,(H,12,13)(H3,9,10,14);1H. The quantitative estimate of drug-likeness (QED) is 0.624. The van der Waals surface area contributed by atoms with Gasteiger partial charge in [0.15, 0.2) is 0 Å². The molecule has 4 N–H and O–H groups in total. The Kier molecular flexibility index (Phi) is 6.03. The second-order valence-electron chi connectivity index (χ2n) is 3.45. The van der Waals surface area contributed by atoms with Crippen LogP contribution >= 0.6 is 12.4 Å². The van der Waals surface area contributed by atoms with Gasteiger partial charge in [-0.05, 0) is 12.8 Å². The first-order valence-electron chi connectivity index (χ1n) is 4.58. The summed E-state index contributed by atoms with van der Waals surface area (Å²) in [6.45, 7) is 1.46. The largest absolute Gasteiger partial charge is 0.480 e. The number of hydrogen-bond acceptors (Lipinski definition) is 3. The number of aliphatic carboxylic acids is 1. The average molecular weight is 238 g/mol. The summed E-state index contributed by atoms with van der Waals surface area (Å²) in [7, 11) is 0. The van der Waals surface area contributed by atoms with E-state index in [1.54, 1.807) is 0 Å². The predicted molar refractivity (Wildman–Crippen MR) is 57.1 cm³/mol. The summed E-state index contributed by atoms with van der Waals surface area (Å²) in [5.74, 6) is -0.814. The Morgan fingerprint density at radius 2 is 1.93 bits per heavy atom. The van der Waals surface area contributed by atoms with Crippen LogP contribution in [0.1, 0.15) is 12.8 Å². The van der Waals surface area contributed by atoms with Crippen molar-refractivity contribution < 1.29 is 14.7 Å². The topological polar surface area (TPSA) is 95.7 Å². The van der Waals surface area contributed by atoms with Crippen LogP contribution in [0.4, 0.5) is 4.79 Å². The van der Waals surface area contributed by atoms with Crippen molar-refractivity contribution in [3.05, 3.63) is 0 Å². The number of piperidine rings is 1. The van der Waals surface area contributed by atoms with Crippen LogP contribution < -0.4 is 11.1 Å². The fraction of sp³-hybridized carbons (Fsp3) is 0.750. The molecule has 0 aromatic carbocycles. The van der Waals surface area contributed by atoms with E-state index in [1.807, 2.05) is 4.90 Å². The van der Waals surface area contributed by atoms with Crippen LogP contribution in [0.15, 0.2) is 0 Å². The second-order valence-corrected chi connectivity index (χ2v) is 3.45. The lowest BCUT2D eigenvalue weighted by molar-refractivity contribution is -0.138. The van der Waals surface area contributed by atoms with Gasteiger partial charge >= 0.3 is 12.0 Å². The molecular formula is C8H16ClN3O3. The number of likely N-dealkylation sites (tertiary alicyclic amines) is 1. The van der Waals surface area contributed by atoms with Crippen molar-refractivity contribution in [2.75, 3.05) is 19.6 Å². The SMILES string of the molecule is Cl.NC(=O)NC1CCN(CC(=O)O)CC1. The van der Waals surface area contributed by atoms with Gasteiger partial charge in [-0.15, -0.1) is 12.4 Å². The van der Waals surface area contributed by atoms with Crippen LogP contribution in [0.5, 0.6) is 0 Å². The highest BCUT2D eigenvalue weighted by Crippen LogP contribution is 2.09. The monoisotopic (exact) mass is 237 g/mol. The molecule has 1 saturated heterocycles. The summed E-state index contributed by atoms with van der Waals surface area (Å²) in [5, 5.41) is 11.2. The van der Waals surface area contributed by atoms with Gasteiger partial charge in [0.05, 0.1) is 6.54 Å². The number of nitrogens with one attached hydrogen (secondary N) is 1. The molecule has 0 aromatic heterocycles. The molecule has 6 nitrogen and oxygen atoms in total. The molecule has 2 amide bonds. The molecule has 15 heavy (non-hydrogen) atoms. The summed E-state index contributed by atoms with van der Waals surface area (Å²) in [5.41, 5.74) is 4.98. The van der Waals surface area contributed by atoms with Gasteiger partial charge in [0.25, 0.3) is 0 Å². The number of carbonyl (C=O) groups excluding carboxylic acids is 1. The zero-order valence-corrected chi connectivity index (χ0v) is 9.13. The molecule has 1 aliphatic heterocycles. The Bertz CT molecular complexity index is 205. The Hall–Kier alpha value is -1.01. The second kappa shape index (κ2) is 6.47.